The number of nitriles is 1. The predicted molar refractivity (Wildman–Crippen MR) is 90.8 cm³/mol. The lowest BCUT2D eigenvalue weighted by Crippen LogP contribution is -2.34. The number of aromatic nitrogens is 3. The second-order valence-corrected chi connectivity index (χ2v) is 5.87. The Morgan fingerprint density at radius 2 is 2.00 bits per heavy atom. The molecule has 0 aliphatic heterocycles. The monoisotopic (exact) mass is 393 g/mol. The van der Waals surface area contributed by atoms with Crippen LogP contribution in [0.4, 0.5) is 18.9 Å². The first-order valence-corrected chi connectivity index (χ1v) is 7.98. The fourth-order valence-corrected chi connectivity index (χ4v) is 2.54. The number of hydrogen-bond donors (Lipinski definition) is 0. The zero-order valence-electron chi connectivity index (χ0n) is 13.6. The van der Waals surface area contributed by atoms with Crippen molar-refractivity contribution >= 4 is 17.3 Å². The highest BCUT2D eigenvalue weighted by molar-refractivity contribution is 6.32. The smallest absolute Gasteiger partial charge is 0.405 e. The Kier molecular flexibility index (Phi) is 5.28. The van der Waals surface area contributed by atoms with E-state index in [2.05, 4.69) is 15.2 Å². The summed E-state index contributed by atoms with van der Waals surface area (Å²) in [6.07, 6.45) is -2.93. The van der Waals surface area contributed by atoms with Gasteiger partial charge in [0.25, 0.3) is 5.89 Å². The van der Waals surface area contributed by atoms with E-state index in [9.17, 15) is 13.2 Å². The molecule has 2 aromatic heterocycles. The Morgan fingerprint density at radius 3 is 2.63 bits per heavy atom. The van der Waals surface area contributed by atoms with E-state index < -0.39 is 12.7 Å². The Balaban J connectivity index is 1.88. The molecule has 0 bridgehead atoms. The number of anilines is 1. The molecule has 0 saturated carbocycles. The first-order valence-electron chi connectivity index (χ1n) is 7.61. The molecule has 0 radical (unpaired) electrons. The first-order chi connectivity index (χ1) is 12.9. The van der Waals surface area contributed by atoms with Gasteiger partial charge in [0.15, 0.2) is 0 Å². The molecule has 0 saturated heterocycles. The van der Waals surface area contributed by atoms with Crippen LogP contribution in [0, 0.1) is 11.3 Å². The standard InChI is InChI=1S/C17H11ClF3N5O/c18-13-7-12(5-4-11(13)8-22)26(10-17(19,20)21)9-15-24-25-16(27-15)14-3-1-2-6-23-14/h1-7H,9-10H2. The van der Waals surface area contributed by atoms with Crippen molar-refractivity contribution in [2.45, 2.75) is 12.7 Å². The van der Waals surface area contributed by atoms with Gasteiger partial charge in [-0.25, -0.2) is 0 Å². The summed E-state index contributed by atoms with van der Waals surface area (Å²) < 4.78 is 44.5. The van der Waals surface area contributed by atoms with Crippen LogP contribution in [0.2, 0.25) is 5.02 Å². The van der Waals surface area contributed by atoms with Gasteiger partial charge >= 0.3 is 6.18 Å². The van der Waals surface area contributed by atoms with Crippen molar-refractivity contribution < 1.29 is 17.6 Å². The van der Waals surface area contributed by atoms with Crippen molar-refractivity contribution in [1.82, 2.24) is 15.2 Å². The fraction of sp³-hybridized carbons (Fsp3) is 0.176. The van der Waals surface area contributed by atoms with Gasteiger partial charge in [0.1, 0.15) is 18.3 Å². The Morgan fingerprint density at radius 1 is 1.19 bits per heavy atom. The van der Waals surface area contributed by atoms with Crippen LogP contribution in [0.15, 0.2) is 47.0 Å². The second kappa shape index (κ2) is 7.63. The van der Waals surface area contributed by atoms with Crippen LogP contribution in [-0.4, -0.2) is 27.9 Å². The highest BCUT2D eigenvalue weighted by Gasteiger charge is 2.32. The number of halogens is 4. The van der Waals surface area contributed by atoms with Gasteiger partial charge in [-0.1, -0.05) is 17.7 Å². The molecule has 0 amide bonds. The van der Waals surface area contributed by atoms with E-state index in [1.54, 1.807) is 18.2 Å². The highest BCUT2D eigenvalue weighted by Crippen LogP contribution is 2.28. The molecule has 6 nitrogen and oxygen atoms in total. The minimum atomic E-state index is -4.47. The molecule has 27 heavy (non-hydrogen) atoms. The maximum Gasteiger partial charge on any atom is 0.405 e. The zero-order valence-corrected chi connectivity index (χ0v) is 14.4. The summed E-state index contributed by atoms with van der Waals surface area (Å²) in [4.78, 5) is 5.04. The third-order valence-electron chi connectivity index (χ3n) is 3.49. The van der Waals surface area contributed by atoms with Crippen molar-refractivity contribution in [1.29, 1.82) is 5.26 Å². The number of rotatable bonds is 5. The average molecular weight is 394 g/mol. The maximum atomic E-state index is 13.0. The normalized spacial score (nSPS) is 11.2. The summed E-state index contributed by atoms with van der Waals surface area (Å²) in [5.74, 6) is 0.0933. The number of hydrogen-bond acceptors (Lipinski definition) is 6. The Bertz CT molecular complexity index is 969. The Labute approximate surface area is 156 Å². The van der Waals surface area contributed by atoms with E-state index in [-0.39, 0.29) is 34.6 Å². The fourth-order valence-electron chi connectivity index (χ4n) is 2.32. The predicted octanol–water partition coefficient (Wildman–Crippen LogP) is 4.23. The van der Waals surface area contributed by atoms with E-state index in [0.717, 1.165) is 4.90 Å². The lowest BCUT2D eigenvalue weighted by Gasteiger charge is -2.24. The van der Waals surface area contributed by atoms with Gasteiger partial charge in [-0.05, 0) is 30.3 Å². The summed E-state index contributed by atoms with van der Waals surface area (Å²) in [6, 6.07) is 11.0. The van der Waals surface area contributed by atoms with E-state index in [1.807, 2.05) is 6.07 Å². The minimum absolute atomic E-state index is 0.0135. The largest absolute Gasteiger partial charge is 0.417 e. The van der Waals surface area contributed by atoms with Crippen molar-refractivity contribution in [3.8, 4) is 17.7 Å². The van der Waals surface area contributed by atoms with Crippen molar-refractivity contribution in [2.75, 3.05) is 11.4 Å². The SMILES string of the molecule is N#Cc1ccc(N(Cc2nnc(-c3ccccn3)o2)CC(F)(F)F)cc1Cl. The van der Waals surface area contributed by atoms with Crippen LogP contribution < -0.4 is 4.90 Å². The molecule has 0 unspecified atom stereocenters. The molecule has 1 aromatic carbocycles. The summed E-state index contributed by atoms with van der Waals surface area (Å²) in [6.45, 7) is -1.54. The van der Waals surface area contributed by atoms with E-state index in [1.165, 1.54) is 24.4 Å². The zero-order chi connectivity index (χ0) is 19.4. The molecular weight excluding hydrogens is 383 g/mol. The van der Waals surface area contributed by atoms with Crippen LogP contribution >= 0.6 is 11.6 Å². The number of alkyl halides is 3. The van der Waals surface area contributed by atoms with Gasteiger partial charge in [0, 0.05) is 11.9 Å². The van der Waals surface area contributed by atoms with Crippen LogP contribution in [0.1, 0.15) is 11.5 Å². The van der Waals surface area contributed by atoms with Gasteiger partial charge in [-0.2, -0.15) is 18.4 Å². The molecule has 138 valence electrons. The van der Waals surface area contributed by atoms with E-state index in [0.29, 0.717) is 5.69 Å². The molecular formula is C17H11ClF3N5O. The van der Waals surface area contributed by atoms with E-state index in [4.69, 9.17) is 21.3 Å². The molecule has 3 aromatic rings. The first kappa shape index (κ1) is 18.7. The summed E-state index contributed by atoms with van der Waals surface area (Å²) in [7, 11) is 0. The lowest BCUT2D eigenvalue weighted by atomic mass is 10.2. The van der Waals surface area contributed by atoms with Gasteiger partial charge in [0.05, 0.1) is 17.1 Å². The van der Waals surface area contributed by atoms with Crippen molar-refractivity contribution in [2.24, 2.45) is 0 Å². The second-order valence-electron chi connectivity index (χ2n) is 5.46. The minimum Gasteiger partial charge on any atom is -0.417 e. The summed E-state index contributed by atoms with van der Waals surface area (Å²) >= 11 is 5.94. The molecule has 0 spiro atoms. The molecule has 0 atom stereocenters. The van der Waals surface area contributed by atoms with Gasteiger partial charge in [-0.3, -0.25) is 4.98 Å². The van der Waals surface area contributed by atoms with Gasteiger partial charge in [0.2, 0.25) is 5.89 Å². The Hall–Kier alpha value is -3.12. The quantitative estimate of drug-likeness (QED) is 0.645. The van der Waals surface area contributed by atoms with Gasteiger partial charge < -0.3 is 9.32 Å². The molecule has 0 aliphatic carbocycles. The molecule has 0 aliphatic rings. The number of nitrogens with zero attached hydrogens (tertiary/aromatic N) is 5. The third kappa shape index (κ3) is 4.74. The van der Waals surface area contributed by atoms with Crippen LogP contribution in [0.5, 0.6) is 0 Å². The highest BCUT2D eigenvalue weighted by atomic mass is 35.5. The van der Waals surface area contributed by atoms with Gasteiger partial charge in [-0.15, -0.1) is 10.2 Å². The molecule has 0 N–H and O–H groups in total. The van der Waals surface area contributed by atoms with Crippen molar-refractivity contribution in [3.63, 3.8) is 0 Å². The van der Waals surface area contributed by atoms with Crippen LogP contribution in [0.25, 0.3) is 11.6 Å². The van der Waals surface area contributed by atoms with Crippen LogP contribution in [-0.2, 0) is 6.54 Å². The maximum absolute atomic E-state index is 13.0. The molecule has 10 heteroatoms. The van der Waals surface area contributed by atoms with E-state index >= 15 is 0 Å². The number of benzene rings is 1. The summed E-state index contributed by atoms with van der Waals surface area (Å²) in [5, 5.41) is 16.6. The van der Waals surface area contributed by atoms with Crippen molar-refractivity contribution in [3.05, 3.63) is 59.1 Å². The molecule has 3 rings (SSSR count). The summed E-state index contributed by atoms with van der Waals surface area (Å²) in [5.41, 5.74) is 0.761. The molecule has 2 heterocycles. The topological polar surface area (TPSA) is 78.8 Å². The lowest BCUT2D eigenvalue weighted by molar-refractivity contribution is -0.120. The average Bonchev–Trinajstić information content (AvgIpc) is 3.09. The third-order valence-corrected chi connectivity index (χ3v) is 3.80. The number of pyridine rings is 1. The molecule has 0 fully saturated rings. The van der Waals surface area contributed by atoms with Crippen LogP contribution in [0.3, 0.4) is 0 Å².